The molecule has 0 bridgehead atoms. The second-order valence-corrected chi connectivity index (χ2v) is 6.78. The van der Waals surface area contributed by atoms with E-state index in [9.17, 15) is 9.59 Å². The molecular formula is C17H19N3O3S. The first-order valence-corrected chi connectivity index (χ1v) is 8.63. The number of amides is 1. The van der Waals surface area contributed by atoms with Crippen LogP contribution in [0, 0.1) is 6.92 Å². The lowest BCUT2D eigenvalue weighted by molar-refractivity contribution is 0.0519. The molecule has 2 N–H and O–H groups in total. The monoisotopic (exact) mass is 345 g/mol. The standard InChI is InChI=1S/C17H19N3O3S/c1-3-23-16(22)14-10(2)24-17(19-14)20-8-7-11-5-4-6-12(15(18)21)13(11)9-20/h4-6H,3,7-9H2,1-2H3,(H2,18,21). The predicted molar refractivity (Wildman–Crippen MR) is 92.5 cm³/mol. The van der Waals surface area contributed by atoms with Crippen molar-refractivity contribution in [2.24, 2.45) is 5.73 Å². The van der Waals surface area contributed by atoms with Crippen LogP contribution in [-0.4, -0.2) is 30.0 Å². The maximum absolute atomic E-state index is 11.9. The summed E-state index contributed by atoms with van der Waals surface area (Å²) in [5, 5.41) is 0.764. The van der Waals surface area contributed by atoms with Gasteiger partial charge >= 0.3 is 5.97 Å². The van der Waals surface area contributed by atoms with E-state index in [1.807, 2.05) is 19.1 Å². The molecule has 7 heteroatoms. The highest BCUT2D eigenvalue weighted by molar-refractivity contribution is 7.15. The second kappa shape index (κ2) is 6.60. The molecule has 3 rings (SSSR count). The molecule has 1 amide bonds. The summed E-state index contributed by atoms with van der Waals surface area (Å²) in [6, 6.07) is 5.64. The Kier molecular flexibility index (Phi) is 4.53. The Morgan fingerprint density at radius 2 is 2.21 bits per heavy atom. The highest BCUT2D eigenvalue weighted by Crippen LogP contribution is 2.31. The van der Waals surface area contributed by atoms with Crippen LogP contribution < -0.4 is 10.6 Å². The van der Waals surface area contributed by atoms with Crippen LogP contribution in [-0.2, 0) is 17.7 Å². The summed E-state index contributed by atoms with van der Waals surface area (Å²) in [4.78, 5) is 31.0. The van der Waals surface area contributed by atoms with Crippen LogP contribution in [0.15, 0.2) is 18.2 Å². The zero-order valence-electron chi connectivity index (χ0n) is 13.7. The molecule has 2 heterocycles. The van der Waals surface area contributed by atoms with Gasteiger partial charge in [-0.3, -0.25) is 4.79 Å². The number of anilines is 1. The number of carbonyl (C=O) groups is 2. The van der Waals surface area contributed by atoms with Gasteiger partial charge in [0.2, 0.25) is 5.91 Å². The zero-order valence-corrected chi connectivity index (χ0v) is 14.5. The molecule has 1 aliphatic rings. The molecule has 0 fully saturated rings. The van der Waals surface area contributed by atoms with Gasteiger partial charge in [-0.2, -0.15) is 0 Å². The van der Waals surface area contributed by atoms with E-state index in [0.717, 1.165) is 34.1 Å². The molecule has 6 nitrogen and oxygen atoms in total. The summed E-state index contributed by atoms with van der Waals surface area (Å²) >= 11 is 1.46. The van der Waals surface area contributed by atoms with Crippen molar-refractivity contribution in [2.45, 2.75) is 26.8 Å². The van der Waals surface area contributed by atoms with E-state index < -0.39 is 11.9 Å². The molecule has 1 aromatic heterocycles. The number of aryl methyl sites for hydroxylation is 1. The smallest absolute Gasteiger partial charge is 0.358 e. The van der Waals surface area contributed by atoms with E-state index >= 15 is 0 Å². The van der Waals surface area contributed by atoms with Crippen molar-refractivity contribution in [1.29, 1.82) is 0 Å². The lowest BCUT2D eigenvalue weighted by atomic mass is 9.95. The Balaban J connectivity index is 1.90. The van der Waals surface area contributed by atoms with Crippen LogP contribution in [0.4, 0.5) is 5.13 Å². The number of aromatic nitrogens is 1. The number of esters is 1. The van der Waals surface area contributed by atoms with Crippen LogP contribution in [0.5, 0.6) is 0 Å². The van der Waals surface area contributed by atoms with E-state index in [1.165, 1.54) is 11.3 Å². The maximum atomic E-state index is 11.9. The SMILES string of the molecule is CCOC(=O)c1nc(N2CCc3cccc(C(N)=O)c3C2)sc1C. The number of rotatable bonds is 4. The normalized spacial score (nSPS) is 13.5. The zero-order chi connectivity index (χ0) is 17.3. The highest BCUT2D eigenvalue weighted by atomic mass is 32.1. The maximum Gasteiger partial charge on any atom is 0.358 e. The molecule has 0 aliphatic carbocycles. The average molecular weight is 345 g/mol. The summed E-state index contributed by atoms with van der Waals surface area (Å²) in [5.41, 5.74) is 8.50. The molecule has 0 saturated carbocycles. The van der Waals surface area contributed by atoms with Gasteiger partial charge in [0.25, 0.3) is 0 Å². The van der Waals surface area contributed by atoms with E-state index in [2.05, 4.69) is 9.88 Å². The number of hydrogen-bond donors (Lipinski definition) is 1. The van der Waals surface area contributed by atoms with Crippen molar-refractivity contribution in [3.05, 3.63) is 45.5 Å². The largest absolute Gasteiger partial charge is 0.461 e. The third kappa shape index (κ3) is 2.99. The molecular weight excluding hydrogens is 326 g/mol. The molecule has 126 valence electrons. The number of nitrogens with zero attached hydrogens (tertiary/aromatic N) is 2. The summed E-state index contributed by atoms with van der Waals surface area (Å²) < 4.78 is 5.04. The van der Waals surface area contributed by atoms with Crippen molar-refractivity contribution in [2.75, 3.05) is 18.1 Å². The number of thiazole rings is 1. The minimum Gasteiger partial charge on any atom is -0.461 e. The first kappa shape index (κ1) is 16.4. The third-order valence-corrected chi connectivity index (χ3v) is 5.09. The quantitative estimate of drug-likeness (QED) is 0.859. The second-order valence-electron chi connectivity index (χ2n) is 5.60. The minimum absolute atomic E-state index is 0.324. The van der Waals surface area contributed by atoms with Gasteiger partial charge in [-0.25, -0.2) is 9.78 Å². The fourth-order valence-electron chi connectivity index (χ4n) is 2.88. The number of fused-ring (bicyclic) bond motifs is 1. The Morgan fingerprint density at radius 1 is 1.42 bits per heavy atom. The topological polar surface area (TPSA) is 85.5 Å². The summed E-state index contributed by atoms with van der Waals surface area (Å²) in [6.07, 6.45) is 0.809. The molecule has 0 unspecified atom stereocenters. The number of hydrogen-bond acceptors (Lipinski definition) is 6. The van der Waals surface area contributed by atoms with Gasteiger partial charge in [-0.05, 0) is 37.5 Å². The Bertz CT molecular complexity index is 800. The van der Waals surface area contributed by atoms with Crippen molar-refractivity contribution in [3.63, 3.8) is 0 Å². The molecule has 0 saturated heterocycles. The first-order valence-electron chi connectivity index (χ1n) is 7.81. The number of nitrogens with two attached hydrogens (primary N) is 1. The van der Waals surface area contributed by atoms with Crippen LogP contribution in [0.1, 0.15) is 43.8 Å². The first-order chi connectivity index (χ1) is 11.5. The van der Waals surface area contributed by atoms with Crippen LogP contribution >= 0.6 is 11.3 Å². The van der Waals surface area contributed by atoms with Crippen LogP contribution in [0.3, 0.4) is 0 Å². The van der Waals surface area contributed by atoms with Crippen molar-refractivity contribution >= 4 is 28.3 Å². The average Bonchev–Trinajstić information content (AvgIpc) is 2.96. The van der Waals surface area contributed by atoms with E-state index in [0.29, 0.717) is 24.4 Å². The van der Waals surface area contributed by atoms with Gasteiger partial charge in [0.05, 0.1) is 6.61 Å². The molecule has 0 spiro atoms. The van der Waals surface area contributed by atoms with Gasteiger partial charge in [0, 0.05) is 23.5 Å². The van der Waals surface area contributed by atoms with Crippen molar-refractivity contribution < 1.29 is 14.3 Å². The van der Waals surface area contributed by atoms with E-state index in [4.69, 9.17) is 10.5 Å². The number of ether oxygens (including phenoxy) is 1. The Hall–Kier alpha value is -2.41. The fraction of sp³-hybridized carbons (Fsp3) is 0.353. The molecule has 0 atom stereocenters. The molecule has 24 heavy (non-hydrogen) atoms. The summed E-state index contributed by atoms with van der Waals surface area (Å²) in [5.74, 6) is -0.816. The summed E-state index contributed by atoms with van der Waals surface area (Å²) in [6.45, 7) is 5.30. The third-order valence-electron chi connectivity index (χ3n) is 4.06. The van der Waals surface area contributed by atoms with Gasteiger partial charge in [0.1, 0.15) is 0 Å². The Morgan fingerprint density at radius 3 is 2.92 bits per heavy atom. The number of benzene rings is 1. The fourth-order valence-corrected chi connectivity index (χ4v) is 3.80. The highest BCUT2D eigenvalue weighted by Gasteiger charge is 2.25. The van der Waals surface area contributed by atoms with Crippen LogP contribution in [0.2, 0.25) is 0 Å². The predicted octanol–water partition coefficient (Wildman–Crippen LogP) is 2.29. The molecule has 0 radical (unpaired) electrons. The van der Waals surface area contributed by atoms with Crippen molar-refractivity contribution in [1.82, 2.24) is 4.98 Å². The Labute approximate surface area is 144 Å². The number of primary amides is 1. The van der Waals surface area contributed by atoms with Gasteiger partial charge < -0.3 is 15.4 Å². The van der Waals surface area contributed by atoms with Gasteiger partial charge in [-0.15, -0.1) is 11.3 Å². The minimum atomic E-state index is -0.420. The van der Waals surface area contributed by atoms with Gasteiger partial charge in [-0.1, -0.05) is 12.1 Å². The molecule has 1 aromatic carbocycles. The lowest BCUT2D eigenvalue weighted by Gasteiger charge is -2.29. The molecule has 1 aliphatic heterocycles. The lowest BCUT2D eigenvalue weighted by Crippen LogP contribution is -2.32. The van der Waals surface area contributed by atoms with E-state index in [-0.39, 0.29) is 0 Å². The van der Waals surface area contributed by atoms with Crippen LogP contribution in [0.25, 0.3) is 0 Å². The number of carbonyl (C=O) groups excluding carboxylic acids is 2. The molecule has 2 aromatic rings. The summed E-state index contributed by atoms with van der Waals surface area (Å²) in [7, 11) is 0. The van der Waals surface area contributed by atoms with E-state index in [1.54, 1.807) is 13.0 Å². The van der Waals surface area contributed by atoms with Crippen molar-refractivity contribution in [3.8, 4) is 0 Å². The van der Waals surface area contributed by atoms with Gasteiger partial charge in [0.15, 0.2) is 10.8 Å².